The highest BCUT2D eigenvalue weighted by molar-refractivity contribution is 5.75. The number of benzene rings is 1. The summed E-state index contributed by atoms with van der Waals surface area (Å²) in [6.45, 7) is 5.80. The van der Waals surface area contributed by atoms with E-state index in [1.165, 1.54) is 19.3 Å². The smallest absolute Gasteiger partial charge is 0.220 e. The van der Waals surface area contributed by atoms with Crippen LogP contribution < -0.4 is 10.1 Å². The molecule has 0 bridgehead atoms. The monoisotopic (exact) mass is 291 g/mol. The summed E-state index contributed by atoms with van der Waals surface area (Å²) in [6.07, 6.45) is 6.12. The van der Waals surface area contributed by atoms with Gasteiger partial charge in [0.25, 0.3) is 0 Å². The van der Waals surface area contributed by atoms with Crippen molar-refractivity contribution < 1.29 is 9.53 Å². The lowest BCUT2D eigenvalue weighted by molar-refractivity contribution is -0.121. The topological polar surface area (TPSA) is 38.3 Å². The minimum absolute atomic E-state index is 0.140. The summed E-state index contributed by atoms with van der Waals surface area (Å²) in [4.78, 5) is 11.8. The van der Waals surface area contributed by atoms with E-state index in [0.29, 0.717) is 18.9 Å². The number of hydrogen-bond acceptors (Lipinski definition) is 2. The van der Waals surface area contributed by atoms with Crippen LogP contribution in [0.3, 0.4) is 0 Å². The second kappa shape index (κ2) is 11.2. The number of carbonyl (C=O) groups excluding carboxylic acids is 1. The van der Waals surface area contributed by atoms with E-state index in [2.05, 4.69) is 19.2 Å². The van der Waals surface area contributed by atoms with Gasteiger partial charge in [-0.3, -0.25) is 4.79 Å². The molecule has 1 aromatic carbocycles. The van der Waals surface area contributed by atoms with Crippen LogP contribution in [0.4, 0.5) is 0 Å². The summed E-state index contributed by atoms with van der Waals surface area (Å²) < 4.78 is 5.58. The first-order valence-corrected chi connectivity index (χ1v) is 8.20. The fourth-order valence-corrected chi connectivity index (χ4v) is 2.23. The third-order valence-corrected chi connectivity index (χ3v) is 3.69. The van der Waals surface area contributed by atoms with Gasteiger partial charge < -0.3 is 10.1 Å². The average Bonchev–Trinajstić information content (AvgIpc) is 2.53. The molecule has 0 radical (unpaired) electrons. The van der Waals surface area contributed by atoms with E-state index in [-0.39, 0.29) is 5.91 Å². The van der Waals surface area contributed by atoms with Gasteiger partial charge in [-0.15, -0.1) is 0 Å². The van der Waals surface area contributed by atoms with E-state index in [1.54, 1.807) is 0 Å². The third kappa shape index (κ3) is 8.38. The fourth-order valence-electron chi connectivity index (χ4n) is 2.23. The van der Waals surface area contributed by atoms with Gasteiger partial charge in [0.15, 0.2) is 0 Å². The highest BCUT2D eigenvalue weighted by Gasteiger charge is 2.08. The van der Waals surface area contributed by atoms with Crippen molar-refractivity contribution in [3.63, 3.8) is 0 Å². The molecule has 0 aliphatic carbocycles. The predicted octanol–water partition coefficient (Wildman–Crippen LogP) is 4.18. The minimum atomic E-state index is 0.140. The minimum Gasteiger partial charge on any atom is -0.494 e. The molecule has 0 unspecified atom stereocenters. The number of ether oxygens (including phenoxy) is 1. The number of rotatable bonds is 11. The molecule has 21 heavy (non-hydrogen) atoms. The van der Waals surface area contributed by atoms with Crippen LogP contribution in [0, 0.1) is 5.92 Å². The van der Waals surface area contributed by atoms with Crippen LogP contribution >= 0.6 is 0 Å². The summed E-state index contributed by atoms with van der Waals surface area (Å²) in [7, 11) is 0. The van der Waals surface area contributed by atoms with Gasteiger partial charge in [-0.1, -0.05) is 51.3 Å². The molecule has 0 aliphatic rings. The van der Waals surface area contributed by atoms with Gasteiger partial charge in [0.1, 0.15) is 5.75 Å². The van der Waals surface area contributed by atoms with Crippen LogP contribution in [-0.2, 0) is 4.79 Å². The molecule has 0 aliphatic heterocycles. The van der Waals surface area contributed by atoms with E-state index in [4.69, 9.17) is 4.74 Å². The van der Waals surface area contributed by atoms with Crippen molar-refractivity contribution >= 4 is 5.91 Å². The molecule has 1 aromatic rings. The molecule has 0 spiro atoms. The van der Waals surface area contributed by atoms with Crippen LogP contribution in [-0.4, -0.2) is 19.1 Å². The van der Waals surface area contributed by atoms with E-state index >= 15 is 0 Å². The van der Waals surface area contributed by atoms with Crippen molar-refractivity contribution in [3.8, 4) is 5.75 Å². The Balaban J connectivity index is 2.08. The number of hydrogen-bond donors (Lipinski definition) is 1. The molecular weight excluding hydrogens is 262 g/mol. The molecule has 1 rings (SSSR count). The van der Waals surface area contributed by atoms with E-state index in [1.807, 2.05) is 30.3 Å². The van der Waals surface area contributed by atoms with Gasteiger partial charge >= 0.3 is 0 Å². The van der Waals surface area contributed by atoms with Gasteiger partial charge in [-0.05, 0) is 30.9 Å². The second-order valence-electron chi connectivity index (χ2n) is 5.49. The van der Waals surface area contributed by atoms with Crippen molar-refractivity contribution in [3.05, 3.63) is 30.3 Å². The number of unbranched alkanes of at least 4 members (excludes halogenated alkanes) is 1. The molecule has 0 heterocycles. The van der Waals surface area contributed by atoms with Gasteiger partial charge in [0, 0.05) is 13.0 Å². The zero-order chi connectivity index (χ0) is 15.3. The highest BCUT2D eigenvalue weighted by atomic mass is 16.5. The summed E-state index contributed by atoms with van der Waals surface area (Å²) in [5.41, 5.74) is 0. The molecule has 1 atom stereocenters. The number of carbonyl (C=O) groups is 1. The van der Waals surface area contributed by atoms with E-state index in [9.17, 15) is 4.79 Å². The highest BCUT2D eigenvalue weighted by Crippen LogP contribution is 2.11. The standard InChI is InChI=1S/C18H29NO2/c1-3-5-10-16(4-2)15-19-18(20)13-9-14-21-17-11-7-6-8-12-17/h6-8,11-12,16H,3-5,9-10,13-15H2,1-2H3,(H,19,20)/t16-/m0/s1. The maximum absolute atomic E-state index is 11.8. The van der Waals surface area contributed by atoms with Crippen LogP contribution in [0.25, 0.3) is 0 Å². The Bertz CT molecular complexity index is 378. The largest absolute Gasteiger partial charge is 0.494 e. The normalized spacial score (nSPS) is 11.9. The Labute approximate surface area is 129 Å². The third-order valence-electron chi connectivity index (χ3n) is 3.69. The average molecular weight is 291 g/mol. The zero-order valence-electron chi connectivity index (χ0n) is 13.4. The van der Waals surface area contributed by atoms with Crippen molar-refractivity contribution in [2.24, 2.45) is 5.92 Å². The molecule has 3 heteroatoms. The fraction of sp³-hybridized carbons (Fsp3) is 0.611. The van der Waals surface area contributed by atoms with Crippen LogP contribution in [0.5, 0.6) is 5.75 Å². The summed E-state index contributed by atoms with van der Waals surface area (Å²) >= 11 is 0. The quantitative estimate of drug-likeness (QED) is 0.621. The van der Waals surface area contributed by atoms with Gasteiger partial charge in [0.2, 0.25) is 5.91 Å². The summed E-state index contributed by atoms with van der Waals surface area (Å²) in [5.74, 6) is 1.62. The Hall–Kier alpha value is -1.51. The Morgan fingerprint density at radius 1 is 1.19 bits per heavy atom. The Morgan fingerprint density at radius 3 is 2.62 bits per heavy atom. The molecule has 1 amide bonds. The predicted molar refractivity (Wildman–Crippen MR) is 87.5 cm³/mol. The maximum atomic E-state index is 11.8. The van der Waals surface area contributed by atoms with Crippen molar-refractivity contribution in [1.82, 2.24) is 5.32 Å². The first-order valence-electron chi connectivity index (χ1n) is 8.20. The van der Waals surface area contributed by atoms with Gasteiger partial charge in [-0.2, -0.15) is 0 Å². The molecule has 1 N–H and O–H groups in total. The molecule has 0 aromatic heterocycles. The number of para-hydroxylation sites is 1. The summed E-state index contributed by atoms with van der Waals surface area (Å²) in [5, 5.41) is 3.05. The van der Waals surface area contributed by atoms with E-state index in [0.717, 1.165) is 25.1 Å². The summed E-state index contributed by atoms with van der Waals surface area (Å²) in [6, 6.07) is 9.72. The molecule has 118 valence electrons. The van der Waals surface area contributed by atoms with E-state index < -0.39 is 0 Å². The maximum Gasteiger partial charge on any atom is 0.220 e. The molecule has 0 saturated heterocycles. The lowest BCUT2D eigenvalue weighted by Crippen LogP contribution is -2.29. The first-order chi connectivity index (χ1) is 10.3. The molecule has 0 saturated carbocycles. The van der Waals surface area contributed by atoms with Crippen LogP contribution in [0.2, 0.25) is 0 Å². The van der Waals surface area contributed by atoms with Gasteiger partial charge in [0.05, 0.1) is 6.61 Å². The van der Waals surface area contributed by atoms with Gasteiger partial charge in [-0.25, -0.2) is 0 Å². The van der Waals surface area contributed by atoms with Crippen LogP contribution in [0.1, 0.15) is 52.4 Å². The lowest BCUT2D eigenvalue weighted by atomic mass is 9.99. The molecule has 0 fully saturated rings. The van der Waals surface area contributed by atoms with Crippen molar-refractivity contribution in [1.29, 1.82) is 0 Å². The SMILES string of the molecule is CCCC[C@H](CC)CNC(=O)CCCOc1ccccc1. The van der Waals surface area contributed by atoms with Crippen molar-refractivity contribution in [2.45, 2.75) is 52.4 Å². The number of amides is 1. The Kier molecular flexibility index (Phi) is 9.34. The zero-order valence-corrected chi connectivity index (χ0v) is 13.4. The van der Waals surface area contributed by atoms with Crippen LogP contribution in [0.15, 0.2) is 30.3 Å². The first kappa shape index (κ1) is 17.5. The molecular formula is C18H29NO2. The lowest BCUT2D eigenvalue weighted by Gasteiger charge is -2.15. The Morgan fingerprint density at radius 2 is 1.95 bits per heavy atom. The molecule has 3 nitrogen and oxygen atoms in total. The second-order valence-corrected chi connectivity index (χ2v) is 5.49. The number of nitrogens with one attached hydrogen (secondary N) is 1. The van der Waals surface area contributed by atoms with Crippen molar-refractivity contribution in [2.75, 3.05) is 13.2 Å².